The van der Waals surface area contributed by atoms with Gasteiger partial charge in [-0.1, -0.05) is 55.5 Å². The number of hydrogen-bond donors (Lipinski definition) is 1. The summed E-state index contributed by atoms with van der Waals surface area (Å²) < 4.78 is 38.8. The third kappa shape index (κ3) is 6.30. The highest BCUT2D eigenvalue weighted by atomic mass is 32.2. The number of ether oxygens (including phenoxy) is 2. The van der Waals surface area contributed by atoms with Gasteiger partial charge in [-0.2, -0.15) is 4.31 Å². The molecule has 10 heteroatoms. The van der Waals surface area contributed by atoms with Gasteiger partial charge in [-0.25, -0.2) is 8.42 Å². The molecule has 1 aliphatic heterocycles. The largest absolute Gasteiger partial charge is 0.493 e. The number of nitrogens with zero attached hydrogens (tertiary/aromatic N) is 2. The van der Waals surface area contributed by atoms with Crippen molar-refractivity contribution in [3.63, 3.8) is 0 Å². The number of hydrogen-bond acceptors (Lipinski definition) is 7. The van der Waals surface area contributed by atoms with Gasteiger partial charge in [0, 0.05) is 37.8 Å². The van der Waals surface area contributed by atoms with Gasteiger partial charge in [0.15, 0.2) is 11.5 Å². The van der Waals surface area contributed by atoms with E-state index in [1.807, 2.05) is 37.3 Å². The molecule has 2 amide bonds. The van der Waals surface area contributed by atoms with Crippen molar-refractivity contribution in [2.24, 2.45) is 0 Å². The quantitative estimate of drug-likeness (QED) is 0.408. The Hall–Kier alpha value is -3.73. The van der Waals surface area contributed by atoms with Gasteiger partial charge in [-0.3, -0.25) is 14.5 Å². The van der Waals surface area contributed by atoms with E-state index in [0.717, 1.165) is 5.56 Å². The first kappa shape index (κ1) is 28.3. The standard InChI is InChI=1S/C29H33N3O6S/c1-21(22-10-6-4-7-11-22)19-32(28(33)23-12-8-5-9-13-23)29(34)25-20-31(17-16-30-25)39(35,36)24-14-15-26(37-2)27(18-24)38-3/h4-15,18,21,25,30H,16-17,19-20H2,1-3H3. The second kappa shape index (κ2) is 12.4. The summed E-state index contributed by atoms with van der Waals surface area (Å²) in [6, 6.07) is 21.7. The number of carbonyl (C=O) groups excluding carboxylic acids is 2. The molecular weight excluding hydrogens is 518 g/mol. The minimum Gasteiger partial charge on any atom is -0.493 e. The highest BCUT2D eigenvalue weighted by Gasteiger charge is 2.37. The van der Waals surface area contributed by atoms with Crippen molar-refractivity contribution in [1.29, 1.82) is 0 Å². The fourth-order valence-corrected chi connectivity index (χ4v) is 6.06. The van der Waals surface area contributed by atoms with Crippen LogP contribution in [0.3, 0.4) is 0 Å². The number of benzene rings is 3. The van der Waals surface area contributed by atoms with E-state index in [0.29, 0.717) is 11.3 Å². The van der Waals surface area contributed by atoms with Crippen LogP contribution >= 0.6 is 0 Å². The summed E-state index contributed by atoms with van der Waals surface area (Å²) in [4.78, 5) is 28.7. The van der Waals surface area contributed by atoms with Crippen LogP contribution in [-0.4, -0.2) is 75.9 Å². The molecule has 1 aliphatic rings. The number of piperazine rings is 1. The van der Waals surface area contributed by atoms with Crippen molar-refractivity contribution in [2.45, 2.75) is 23.8 Å². The Morgan fingerprint density at radius 1 is 0.974 bits per heavy atom. The molecule has 2 atom stereocenters. The summed E-state index contributed by atoms with van der Waals surface area (Å²) in [6.45, 7) is 2.42. The molecule has 3 aromatic carbocycles. The molecule has 2 unspecified atom stereocenters. The molecule has 1 heterocycles. The van der Waals surface area contributed by atoms with Crippen LogP contribution in [0, 0.1) is 0 Å². The van der Waals surface area contributed by atoms with Crippen molar-refractivity contribution in [3.05, 3.63) is 90.0 Å². The first-order chi connectivity index (χ1) is 18.8. The first-order valence-electron chi connectivity index (χ1n) is 12.7. The van der Waals surface area contributed by atoms with Gasteiger partial charge in [0.25, 0.3) is 5.91 Å². The molecule has 39 heavy (non-hydrogen) atoms. The molecule has 1 fully saturated rings. The molecule has 0 aliphatic carbocycles. The number of nitrogens with one attached hydrogen (secondary N) is 1. The Morgan fingerprint density at radius 3 is 2.26 bits per heavy atom. The van der Waals surface area contributed by atoms with Crippen LogP contribution in [0.15, 0.2) is 83.8 Å². The number of sulfonamides is 1. The fourth-order valence-electron chi connectivity index (χ4n) is 4.59. The Balaban J connectivity index is 1.59. The maximum atomic E-state index is 13.9. The predicted molar refractivity (Wildman–Crippen MR) is 147 cm³/mol. The third-order valence-electron chi connectivity index (χ3n) is 6.79. The number of methoxy groups -OCH3 is 2. The summed E-state index contributed by atoms with van der Waals surface area (Å²) in [5.74, 6) is -0.329. The summed E-state index contributed by atoms with van der Waals surface area (Å²) in [5.41, 5.74) is 1.38. The van der Waals surface area contributed by atoms with E-state index in [2.05, 4.69) is 5.32 Å². The first-order valence-corrected chi connectivity index (χ1v) is 14.1. The van der Waals surface area contributed by atoms with Gasteiger partial charge in [0.1, 0.15) is 6.04 Å². The highest BCUT2D eigenvalue weighted by Crippen LogP contribution is 2.31. The zero-order valence-corrected chi connectivity index (χ0v) is 23.1. The van der Waals surface area contributed by atoms with E-state index in [1.165, 1.54) is 41.6 Å². The monoisotopic (exact) mass is 551 g/mol. The molecule has 9 nitrogen and oxygen atoms in total. The van der Waals surface area contributed by atoms with E-state index in [-0.39, 0.29) is 42.7 Å². The van der Waals surface area contributed by atoms with Crippen molar-refractivity contribution in [3.8, 4) is 11.5 Å². The molecule has 0 bridgehead atoms. The third-order valence-corrected chi connectivity index (χ3v) is 8.65. The SMILES string of the molecule is COc1ccc(S(=O)(=O)N2CCNC(C(=O)N(CC(C)c3ccccc3)C(=O)c3ccccc3)C2)cc1OC. The maximum absolute atomic E-state index is 13.9. The molecule has 4 rings (SSSR count). The van der Waals surface area contributed by atoms with Crippen LogP contribution in [-0.2, 0) is 14.8 Å². The average Bonchev–Trinajstić information content (AvgIpc) is 2.99. The van der Waals surface area contributed by atoms with Crippen molar-refractivity contribution in [1.82, 2.24) is 14.5 Å². The van der Waals surface area contributed by atoms with E-state index in [9.17, 15) is 18.0 Å². The van der Waals surface area contributed by atoms with Crippen LogP contribution in [0.1, 0.15) is 28.8 Å². The summed E-state index contributed by atoms with van der Waals surface area (Å²) in [6.07, 6.45) is 0. The van der Waals surface area contributed by atoms with E-state index in [1.54, 1.807) is 30.3 Å². The minimum absolute atomic E-state index is 0.0307. The minimum atomic E-state index is -3.95. The maximum Gasteiger partial charge on any atom is 0.260 e. The lowest BCUT2D eigenvalue weighted by atomic mass is 9.99. The van der Waals surface area contributed by atoms with Crippen LogP contribution in [0.4, 0.5) is 0 Å². The Morgan fingerprint density at radius 2 is 1.62 bits per heavy atom. The summed E-state index contributed by atoms with van der Waals surface area (Å²) >= 11 is 0. The van der Waals surface area contributed by atoms with Crippen LogP contribution in [0.25, 0.3) is 0 Å². The topological polar surface area (TPSA) is 105 Å². The molecule has 206 valence electrons. The number of imide groups is 1. The van der Waals surface area contributed by atoms with Crippen molar-refractivity contribution < 1.29 is 27.5 Å². The molecule has 0 saturated carbocycles. The van der Waals surface area contributed by atoms with Crippen LogP contribution in [0.5, 0.6) is 11.5 Å². The molecule has 1 saturated heterocycles. The lowest BCUT2D eigenvalue weighted by Gasteiger charge is -2.35. The molecular formula is C29H33N3O6S. The molecule has 3 aromatic rings. The van der Waals surface area contributed by atoms with Gasteiger partial charge in [0.05, 0.1) is 19.1 Å². The van der Waals surface area contributed by atoms with Gasteiger partial charge in [-0.15, -0.1) is 0 Å². The number of carbonyl (C=O) groups is 2. The van der Waals surface area contributed by atoms with Crippen LogP contribution in [0.2, 0.25) is 0 Å². The zero-order chi connectivity index (χ0) is 28.0. The second-order valence-corrected chi connectivity index (χ2v) is 11.3. The smallest absolute Gasteiger partial charge is 0.260 e. The zero-order valence-electron chi connectivity index (χ0n) is 22.2. The Kier molecular flexibility index (Phi) is 9.01. The van der Waals surface area contributed by atoms with Gasteiger partial charge in [0.2, 0.25) is 15.9 Å². The predicted octanol–water partition coefficient (Wildman–Crippen LogP) is 3.14. The Labute approximate surface area is 229 Å². The average molecular weight is 552 g/mol. The van der Waals surface area contributed by atoms with E-state index < -0.39 is 27.9 Å². The highest BCUT2D eigenvalue weighted by molar-refractivity contribution is 7.89. The Bertz CT molecular complexity index is 1400. The van der Waals surface area contributed by atoms with E-state index in [4.69, 9.17) is 9.47 Å². The fraction of sp³-hybridized carbons (Fsp3) is 0.310. The molecule has 0 spiro atoms. The normalized spacial score (nSPS) is 16.7. The molecule has 1 N–H and O–H groups in total. The number of rotatable bonds is 9. The lowest BCUT2D eigenvalue weighted by molar-refractivity contribution is -0.131. The van der Waals surface area contributed by atoms with Gasteiger partial charge >= 0.3 is 0 Å². The van der Waals surface area contributed by atoms with E-state index >= 15 is 0 Å². The summed E-state index contributed by atoms with van der Waals surface area (Å²) in [5, 5.41) is 3.12. The van der Waals surface area contributed by atoms with Crippen LogP contribution < -0.4 is 14.8 Å². The van der Waals surface area contributed by atoms with Crippen molar-refractivity contribution >= 4 is 21.8 Å². The molecule has 0 aromatic heterocycles. The van der Waals surface area contributed by atoms with Crippen molar-refractivity contribution in [2.75, 3.05) is 40.4 Å². The van der Waals surface area contributed by atoms with Gasteiger partial charge < -0.3 is 14.8 Å². The summed E-state index contributed by atoms with van der Waals surface area (Å²) in [7, 11) is -1.04. The molecule has 0 radical (unpaired) electrons. The van der Waals surface area contributed by atoms with Gasteiger partial charge in [-0.05, 0) is 35.7 Å². The second-order valence-electron chi connectivity index (χ2n) is 9.32. The lowest BCUT2D eigenvalue weighted by Crippen LogP contribution is -2.60. The number of amides is 2.